The Morgan fingerprint density at radius 1 is 0.939 bits per heavy atom. The zero-order chi connectivity index (χ0) is 24.0. The summed E-state index contributed by atoms with van der Waals surface area (Å²) in [5, 5.41) is 7.59. The van der Waals surface area contributed by atoms with Gasteiger partial charge in [-0.15, -0.1) is 0 Å². The van der Waals surface area contributed by atoms with Gasteiger partial charge in [-0.3, -0.25) is 4.68 Å². The smallest absolute Gasteiger partial charge is 0.263 e. The molecule has 1 heterocycles. The number of benzene rings is 2. The van der Waals surface area contributed by atoms with Crippen LogP contribution in [0.2, 0.25) is 0 Å². The molecule has 3 rings (SSSR count). The third-order valence-electron chi connectivity index (χ3n) is 5.28. The first-order chi connectivity index (χ1) is 15.8. The fraction of sp³-hybridized carbons (Fsp3) is 0.375. The summed E-state index contributed by atoms with van der Waals surface area (Å²) in [4.78, 5) is 0. The van der Waals surface area contributed by atoms with E-state index in [9.17, 15) is 8.42 Å². The van der Waals surface area contributed by atoms with Crippen molar-refractivity contribution in [3.63, 3.8) is 0 Å². The first-order valence-corrected chi connectivity index (χ1v) is 12.2. The Balaban J connectivity index is 1.99. The van der Waals surface area contributed by atoms with E-state index in [0.717, 1.165) is 28.3 Å². The molecule has 0 unspecified atom stereocenters. The van der Waals surface area contributed by atoms with E-state index in [2.05, 4.69) is 10.4 Å². The van der Waals surface area contributed by atoms with Gasteiger partial charge in [-0.2, -0.15) is 9.40 Å². The summed E-state index contributed by atoms with van der Waals surface area (Å²) >= 11 is 0. The summed E-state index contributed by atoms with van der Waals surface area (Å²) in [6.07, 6.45) is 0. The van der Waals surface area contributed by atoms with E-state index in [1.165, 1.54) is 4.31 Å². The van der Waals surface area contributed by atoms with Crippen molar-refractivity contribution in [1.82, 2.24) is 19.4 Å². The average molecular weight is 473 g/mol. The van der Waals surface area contributed by atoms with Gasteiger partial charge in [-0.25, -0.2) is 8.42 Å². The molecule has 0 fully saturated rings. The van der Waals surface area contributed by atoms with Gasteiger partial charge in [0.05, 0.1) is 19.9 Å². The van der Waals surface area contributed by atoms with Crippen LogP contribution in [0.1, 0.15) is 36.7 Å². The zero-order valence-electron chi connectivity index (χ0n) is 19.8. The highest BCUT2D eigenvalue weighted by Crippen LogP contribution is 2.24. The molecule has 0 saturated heterocycles. The Morgan fingerprint density at radius 3 is 1.82 bits per heavy atom. The van der Waals surface area contributed by atoms with E-state index in [0.29, 0.717) is 6.54 Å². The van der Waals surface area contributed by atoms with Gasteiger partial charge in [-0.05, 0) is 56.3 Å². The Morgan fingerprint density at radius 2 is 1.42 bits per heavy atom. The predicted octanol–water partition coefficient (Wildman–Crippen LogP) is 3.59. The lowest BCUT2D eigenvalue weighted by molar-refractivity contribution is 0.394. The number of aromatic nitrogens is 2. The molecule has 0 atom stereocenters. The largest absolute Gasteiger partial charge is 0.497 e. The van der Waals surface area contributed by atoms with E-state index in [-0.39, 0.29) is 24.2 Å². The molecule has 2 aromatic carbocycles. The van der Waals surface area contributed by atoms with Crippen LogP contribution in [0, 0.1) is 0 Å². The number of hydrogen-bond acceptors (Lipinski definition) is 6. The van der Waals surface area contributed by atoms with E-state index in [4.69, 9.17) is 9.47 Å². The molecular formula is C24H32N4O4S. The zero-order valence-corrected chi connectivity index (χ0v) is 20.6. The van der Waals surface area contributed by atoms with Crippen molar-refractivity contribution in [1.29, 1.82) is 0 Å². The topological polar surface area (TPSA) is 85.7 Å². The quantitative estimate of drug-likeness (QED) is 0.459. The normalized spacial score (nSPS) is 11.8. The number of methoxy groups -OCH3 is 2. The molecule has 0 spiro atoms. The molecule has 8 nitrogen and oxygen atoms in total. The third kappa shape index (κ3) is 5.93. The monoisotopic (exact) mass is 472 g/mol. The molecule has 0 radical (unpaired) electrons. The summed E-state index contributed by atoms with van der Waals surface area (Å²) < 4.78 is 41.2. The van der Waals surface area contributed by atoms with Crippen LogP contribution in [0.5, 0.6) is 11.5 Å². The minimum atomic E-state index is -3.87. The predicted molar refractivity (Wildman–Crippen MR) is 128 cm³/mol. The number of sulfonamides is 1. The molecule has 9 heteroatoms. The van der Waals surface area contributed by atoms with Crippen LogP contribution in [-0.2, 0) is 29.7 Å². The van der Waals surface area contributed by atoms with Crippen LogP contribution < -0.4 is 14.8 Å². The Bertz CT molecular complexity index is 1090. The summed E-state index contributed by atoms with van der Waals surface area (Å²) in [5.74, 6) is 1.44. The maximum Gasteiger partial charge on any atom is 0.263 e. The van der Waals surface area contributed by atoms with Gasteiger partial charge in [0.25, 0.3) is 10.0 Å². The average Bonchev–Trinajstić information content (AvgIpc) is 3.25. The van der Waals surface area contributed by atoms with Gasteiger partial charge >= 0.3 is 0 Å². The van der Waals surface area contributed by atoms with Crippen molar-refractivity contribution in [2.24, 2.45) is 0 Å². The van der Waals surface area contributed by atoms with Crippen LogP contribution in [0.15, 0.2) is 59.6 Å². The second kappa shape index (κ2) is 10.8. The standard InChI is InChI=1S/C24H32N4O4S/c1-18(2)28-21(15-25-3)14-24(26-28)33(29,30)27(16-19-6-10-22(31-4)11-7-19)17-20-8-12-23(32-5)13-9-20/h6-14,18,25H,15-17H2,1-5H3. The minimum absolute atomic E-state index is 0.0360. The number of ether oxygens (including phenoxy) is 2. The number of nitrogens with one attached hydrogen (secondary N) is 1. The lowest BCUT2D eigenvalue weighted by atomic mass is 10.2. The molecule has 1 N–H and O–H groups in total. The molecule has 0 amide bonds. The lowest BCUT2D eigenvalue weighted by Gasteiger charge is -2.22. The maximum atomic E-state index is 13.8. The van der Waals surface area contributed by atoms with Crippen LogP contribution in [-0.4, -0.2) is 43.8 Å². The molecule has 3 aromatic rings. The van der Waals surface area contributed by atoms with Gasteiger partial charge in [0.2, 0.25) is 0 Å². The summed E-state index contributed by atoms with van der Waals surface area (Å²) in [5.41, 5.74) is 2.53. The molecule has 178 valence electrons. The van der Waals surface area contributed by atoms with Crippen LogP contribution in [0.25, 0.3) is 0 Å². The van der Waals surface area contributed by atoms with E-state index >= 15 is 0 Å². The molecule has 0 bridgehead atoms. The van der Waals surface area contributed by atoms with E-state index < -0.39 is 10.0 Å². The van der Waals surface area contributed by atoms with Gasteiger partial charge in [0.15, 0.2) is 5.03 Å². The minimum Gasteiger partial charge on any atom is -0.497 e. The van der Waals surface area contributed by atoms with E-state index in [1.807, 2.05) is 69.4 Å². The maximum absolute atomic E-state index is 13.8. The molecule has 1 aromatic heterocycles. The molecular weight excluding hydrogens is 440 g/mol. The number of nitrogens with zero attached hydrogens (tertiary/aromatic N) is 3. The second-order valence-corrected chi connectivity index (χ2v) is 9.90. The molecule has 33 heavy (non-hydrogen) atoms. The first kappa shape index (κ1) is 24.8. The van der Waals surface area contributed by atoms with Gasteiger partial charge in [0, 0.05) is 31.7 Å². The number of rotatable bonds is 11. The fourth-order valence-electron chi connectivity index (χ4n) is 3.52. The van der Waals surface area contributed by atoms with Crippen molar-refractivity contribution in [3.05, 3.63) is 71.4 Å². The van der Waals surface area contributed by atoms with Crippen LogP contribution in [0.3, 0.4) is 0 Å². The summed E-state index contributed by atoms with van der Waals surface area (Å²) in [7, 11) is 1.15. The Labute approximate surface area is 196 Å². The highest BCUT2D eigenvalue weighted by atomic mass is 32.2. The molecule has 0 aliphatic carbocycles. The fourth-order valence-corrected chi connectivity index (χ4v) is 4.90. The molecule has 0 saturated carbocycles. The van der Waals surface area contributed by atoms with Crippen molar-refractivity contribution in [2.45, 2.75) is 44.5 Å². The van der Waals surface area contributed by atoms with Gasteiger partial charge < -0.3 is 14.8 Å². The van der Waals surface area contributed by atoms with Crippen LogP contribution in [0.4, 0.5) is 0 Å². The summed E-state index contributed by atoms with van der Waals surface area (Å²) in [6.45, 7) is 4.89. The summed E-state index contributed by atoms with van der Waals surface area (Å²) in [6, 6.07) is 16.5. The highest BCUT2D eigenvalue weighted by Gasteiger charge is 2.29. The first-order valence-electron chi connectivity index (χ1n) is 10.8. The highest BCUT2D eigenvalue weighted by molar-refractivity contribution is 7.89. The van der Waals surface area contributed by atoms with Crippen molar-refractivity contribution >= 4 is 10.0 Å². The van der Waals surface area contributed by atoms with Crippen molar-refractivity contribution in [3.8, 4) is 11.5 Å². The Hall–Kier alpha value is -2.88. The second-order valence-electron chi connectivity index (χ2n) is 8.01. The third-order valence-corrected chi connectivity index (χ3v) is 6.94. The van der Waals surface area contributed by atoms with Crippen molar-refractivity contribution < 1.29 is 17.9 Å². The number of hydrogen-bond donors (Lipinski definition) is 1. The molecule has 0 aliphatic heterocycles. The Kier molecular flexibility index (Phi) is 8.12. The van der Waals surface area contributed by atoms with Gasteiger partial charge in [0.1, 0.15) is 11.5 Å². The molecule has 0 aliphatic rings. The van der Waals surface area contributed by atoms with E-state index in [1.54, 1.807) is 25.0 Å². The van der Waals surface area contributed by atoms with Gasteiger partial charge in [-0.1, -0.05) is 24.3 Å². The van der Waals surface area contributed by atoms with Crippen molar-refractivity contribution in [2.75, 3.05) is 21.3 Å². The van der Waals surface area contributed by atoms with Crippen LogP contribution >= 0.6 is 0 Å². The lowest BCUT2D eigenvalue weighted by Crippen LogP contribution is -2.30. The SMILES string of the molecule is CNCc1cc(S(=O)(=O)N(Cc2ccc(OC)cc2)Cc2ccc(OC)cc2)nn1C(C)C.